The lowest BCUT2D eigenvalue weighted by atomic mass is 9.74. The highest BCUT2D eigenvalue weighted by molar-refractivity contribution is 6.00. The van der Waals surface area contributed by atoms with E-state index in [1.54, 1.807) is 6.08 Å². The summed E-state index contributed by atoms with van der Waals surface area (Å²) in [5.41, 5.74) is -1.55. The Kier molecular flexibility index (Phi) is 5.29. The van der Waals surface area contributed by atoms with Gasteiger partial charge in [0.25, 0.3) is 0 Å². The van der Waals surface area contributed by atoms with Crippen LogP contribution in [0.4, 0.5) is 0 Å². The van der Waals surface area contributed by atoms with Crippen molar-refractivity contribution in [3.63, 3.8) is 0 Å². The number of nitrogens with zero attached hydrogens (tertiary/aromatic N) is 1. The third kappa shape index (κ3) is 3.37. The van der Waals surface area contributed by atoms with Gasteiger partial charge in [-0.25, -0.2) is 0 Å². The monoisotopic (exact) mass is 415 g/mol. The topological polar surface area (TPSA) is 87.7 Å². The van der Waals surface area contributed by atoms with Crippen LogP contribution in [0.3, 0.4) is 0 Å². The minimum atomic E-state index is -1.10. The van der Waals surface area contributed by atoms with Crippen molar-refractivity contribution < 1.29 is 19.1 Å². The van der Waals surface area contributed by atoms with Crippen molar-refractivity contribution in [2.45, 2.75) is 82.2 Å². The zero-order chi connectivity index (χ0) is 21.7. The smallest absolute Gasteiger partial charge is 0.246 e. The highest BCUT2D eigenvalue weighted by Gasteiger charge is 2.72. The number of hydrogen-bond acceptors (Lipinski definition) is 4. The molecule has 7 heteroatoms. The van der Waals surface area contributed by atoms with E-state index in [2.05, 4.69) is 17.2 Å². The van der Waals surface area contributed by atoms with E-state index >= 15 is 0 Å². The van der Waals surface area contributed by atoms with Crippen molar-refractivity contribution in [3.8, 4) is 0 Å². The van der Waals surface area contributed by atoms with E-state index in [1.807, 2.05) is 32.9 Å². The molecular formula is C23H33N3O4. The Bertz CT molecular complexity index is 780. The van der Waals surface area contributed by atoms with Gasteiger partial charge in [-0.3, -0.25) is 14.4 Å². The first-order valence-electron chi connectivity index (χ1n) is 11.1. The lowest BCUT2D eigenvalue weighted by molar-refractivity contribution is -0.141. The summed E-state index contributed by atoms with van der Waals surface area (Å²) in [5.74, 6) is -1.90. The van der Waals surface area contributed by atoms with Gasteiger partial charge >= 0.3 is 0 Å². The maximum Gasteiger partial charge on any atom is 0.246 e. The molecule has 2 N–H and O–H groups in total. The van der Waals surface area contributed by atoms with Gasteiger partial charge in [-0.1, -0.05) is 37.5 Å². The molecule has 0 unspecified atom stereocenters. The van der Waals surface area contributed by atoms with Gasteiger partial charge in [0, 0.05) is 18.1 Å². The minimum absolute atomic E-state index is 0.132. The second kappa shape index (κ2) is 7.52. The predicted octanol–water partition coefficient (Wildman–Crippen LogP) is 1.69. The van der Waals surface area contributed by atoms with E-state index in [-0.39, 0.29) is 30.3 Å². The van der Waals surface area contributed by atoms with Gasteiger partial charge in [0.05, 0.1) is 17.9 Å². The molecule has 164 valence electrons. The molecule has 4 aliphatic rings. The predicted molar refractivity (Wildman–Crippen MR) is 112 cm³/mol. The molecule has 1 saturated carbocycles. The fourth-order valence-corrected chi connectivity index (χ4v) is 5.59. The number of rotatable bonds is 5. The van der Waals surface area contributed by atoms with Gasteiger partial charge in [-0.2, -0.15) is 0 Å². The highest BCUT2D eigenvalue weighted by atomic mass is 16.5. The Labute approximate surface area is 178 Å². The van der Waals surface area contributed by atoms with Gasteiger partial charge in [0.15, 0.2) is 0 Å². The van der Waals surface area contributed by atoms with Gasteiger partial charge in [0.1, 0.15) is 11.6 Å². The molecular weight excluding hydrogens is 382 g/mol. The maximum atomic E-state index is 13.5. The summed E-state index contributed by atoms with van der Waals surface area (Å²) in [6.45, 7) is 9.68. The minimum Gasteiger partial charge on any atom is -0.359 e. The Morgan fingerprint density at radius 3 is 2.60 bits per heavy atom. The molecule has 5 atom stereocenters. The third-order valence-electron chi connectivity index (χ3n) is 6.70. The highest BCUT2D eigenvalue weighted by Crippen LogP contribution is 2.55. The van der Waals surface area contributed by atoms with E-state index in [4.69, 9.17) is 4.74 Å². The number of hydrogen-bond donors (Lipinski definition) is 2. The Morgan fingerprint density at radius 2 is 1.97 bits per heavy atom. The second-order valence-corrected chi connectivity index (χ2v) is 10.1. The van der Waals surface area contributed by atoms with Crippen LogP contribution in [-0.2, 0) is 19.1 Å². The fraction of sp³-hybridized carbons (Fsp3) is 0.696. The number of nitrogens with one attached hydrogen (secondary N) is 2. The fourth-order valence-electron chi connectivity index (χ4n) is 5.59. The first-order chi connectivity index (χ1) is 14.2. The van der Waals surface area contributed by atoms with Crippen LogP contribution in [0.5, 0.6) is 0 Å². The second-order valence-electron chi connectivity index (χ2n) is 10.1. The Balaban J connectivity index is 1.63. The number of amides is 3. The number of likely N-dealkylation sites (tertiary alicyclic amines) is 1. The van der Waals surface area contributed by atoms with Crippen LogP contribution in [0, 0.1) is 11.8 Å². The van der Waals surface area contributed by atoms with Crippen molar-refractivity contribution >= 4 is 17.7 Å². The van der Waals surface area contributed by atoms with Crippen molar-refractivity contribution in [2.24, 2.45) is 11.8 Å². The number of ether oxygens (including phenoxy) is 1. The molecule has 3 amide bonds. The average molecular weight is 416 g/mol. The zero-order valence-electron chi connectivity index (χ0n) is 18.1. The molecule has 4 rings (SSSR count). The molecule has 3 fully saturated rings. The molecule has 2 bridgehead atoms. The van der Waals surface area contributed by atoms with Crippen molar-refractivity contribution in [2.75, 3.05) is 6.54 Å². The summed E-state index contributed by atoms with van der Waals surface area (Å²) in [6, 6.07) is -0.660. The van der Waals surface area contributed by atoms with Crippen LogP contribution < -0.4 is 10.6 Å². The Morgan fingerprint density at radius 1 is 1.27 bits per heavy atom. The summed E-state index contributed by atoms with van der Waals surface area (Å²) in [6.07, 6.45) is 10.2. The van der Waals surface area contributed by atoms with Gasteiger partial charge in [0.2, 0.25) is 17.7 Å². The third-order valence-corrected chi connectivity index (χ3v) is 6.70. The number of fused-ring (bicyclic) bond motifs is 1. The van der Waals surface area contributed by atoms with Crippen molar-refractivity contribution in [3.05, 3.63) is 24.8 Å². The quantitative estimate of drug-likeness (QED) is 0.669. The number of carbonyl (C=O) groups is 3. The summed E-state index contributed by atoms with van der Waals surface area (Å²) in [7, 11) is 0. The summed E-state index contributed by atoms with van der Waals surface area (Å²) in [4.78, 5) is 41.5. The van der Waals surface area contributed by atoms with Crippen LogP contribution in [-0.4, -0.2) is 58.5 Å². The lowest BCUT2D eigenvalue weighted by Gasteiger charge is -2.34. The summed E-state index contributed by atoms with van der Waals surface area (Å²) < 4.78 is 6.27. The SMILES string of the molecule is C=CCN1C(=O)[C@@H]2[C@H](C(=O)NC3CCCCC3)[C@H]3C=C[C@@]2(O3)[C@H]1C(=O)NC(C)(C)C. The van der Waals surface area contributed by atoms with Gasteiger partial charge < -0.3 is 20.3 Å². The lowest BCUT2D eigenvalue weighted by Crippen LogP contribution is -2.58. The van der Waals surface area contributed by atoms with Crippen LogP contribution >= 0.6 is 0 Å². The van der Waals surface area contributed by atoms with Crippen LogP contribution in [0.2, 0.25) is 0 Å². The molecule has 30 heavy (non-hydrogen) atoms. The first kappa shape index (κ1) is 21.1. The molecule has 0 aromatic rings. The number of carbonyl (C=O) groups excluding carboxylic acids is 3. The van der Waals surface area contributed by atoms with E-state index in [9.17, 15) is 14.4 Å². The van der Waals surface area contributed by atoms with Crippen molar-refractivity contribution in [1.29, 1.82) is 0 Å². The normalized spacial score (nSPS) is 35.4. The maximum absolute atomic E-state index is 13.5. The van der Waals surface area contributed by atoms with Gasteiger partial charge in [-0.05, 0) is 33.6 Å². The summed E-state index contributed by atoms with van der Waals surface area (Å²) in [5, 5.41) is 6.15. The first-order valence-corrected chi connectivity index (χ1v) is 11.1. The molecule has 3 heterocycles. The molecule has 3 aliphatic heterocycles. The molecule has 0 aromatic heterocycles. The zero-order valence-corrected chi connectivity index (χ0v) is 18.1. The molecule has 0 radical (unpaired) electrons. The molecule has 2 saturated heterocycles. The van der Waals surface area contributed by atoms with E-state index in [1.165, 1.54) is 11.3 Å². The van der Waals surface area contributed by atoms with E-state index < -0.39 is 35.1 Å². The molecule has 1 aliphatic carbocycles. The van der Waals surface area contributed by atoms with Crippen LogP contribution in [0.1, 0.15) is 52.9 Å². The van der Waals surface area contributed by atoms with Crippen LogP contribution in [0.25, 0.3) is 0 Å². The summed E-state index contributed by atoms with van der Waals surface area (Å²) >= 11 is 0. The molecule has 0 aromatic carbocycles. The standard InChI is InChI=1S/C23H33N3O4/c1-5-13-26-18(20(28)25-22(2,3)4)23-12-11-15(30-23)16(17(23)21(26)29)19(27)24-14-9-7-6-8-10-14/h5,11-12,14-18H,1,6-10,13H2,2-4H3,(H,24,27)(H,25,28)/t15-,16-,17+,18-,23+/m1/s1. The van der Waals surface area contributed by atoms with Crippen molar-refractivity contribution in [1.82, 2.24) is 15.5 Å². The van der Waals surface area contributed by atoms with E-state index in [0.29, 0.717) is 0 Å². The van der Waals surface area contributed by atoms with E-state index in [0.717, 1.165) is 25.7 Å². The Hall–Kier alpha value is -2.15. The average Bonchev–Trinajstić information content (AvgIpc) is 3.29. The largest absolute Gasteiger partial charge is 0.359 e. The van der Waals surface area contributed by atoms with Crippen LogP contribution in [0.15, 0.2) is 24.8 Å². The van der Waals surface area contributed by atoms with Gasteiger partial charge in [-0.15, -0.1) is 6.58 Å². The molecule has 7 nitrogen and oxygen atoms in total. The molecule has 1 spiro atoms.